The van der Waals surface area contributed by atoms with Gasteiger partial charge in [0.05, 0.1) is 9.83 Å². The molecule has 13 heteroatoms. The average molecular weight is 512 g/mol. The summed E-state index contributed by atoms with van der Waals surface area (Å²) in [5.41, 5.74) is -1.92. The van der Waals surface area contributed by atoms with Crippen molar-refractivity contribution >= 4 is 33.5 Å². The van der Waals surface area contributed by atoms with Gasteiger partial charge in [-0.3, -0.25) is 19.7 Å². The first-order valence-corrected chi connectivity index (χ1v) is 12.2. The van der Waals surface area contributed by atoms with E-state index >= 15 is 0 Å². The molecule has 1 aliphatic rings. The van der Waals surface area contributed by atoms with Crippen LogP contribution < -0.4 is 9.46 Å². The van der Waals surface area contributed by atoms with Gasteiger partial charge in [0, 0.05) is 6.20 Å². The molecule has 0 aromatic heterocycles. The molecule has 0 saturated carbocycles. The largest absolute Gasteiger partial charge is 0.483 e. The standard InChI is InChI=1S/C22H29N3O9S/c1-6-11-33-17-10-8-9-16(19(17)25(29)30)23-35(31,32)15-12-14(7-2)18(20(26)27)24(13-15)21(28)34-22(3,4)5/h6,8-10,13-14,18,23H,1,7,11-12H2,2-5H3,(H,26,27). The molecule has 0 spiro atoms. The molecule has 0 aliphatic carbocycles. The quantitative estimate of drug-likeness (QED) is 0.284. The molecule has 2 atom stereocenters. The molecule has 192 valence electrons. The van der Waals surface area contributed by atoms with E-state index in [4.69, 9.17) is 9.47 Å². The number of para-hydroxylation sites is 1. The minimum Gasteiger partial charge on any atom is -0.483 e. The Kier molecular flexibility index (Phi) is 8.50. The number of carbonyl (C=O) groups excluding carboxylic acids is 1. The number of aliphatic carboxylic acids is 1. The van der Waals surface area contributed by atoms with Crippen LogP contribution >= 0.6 is 0 Å². The highest BCUT2D eigenvalue weighted by atomic mass is 32.2. The van der Waals surface area contributed by atoms with Crippen molar-refractivity contribution in [3.8, 4) is 5.75 Å². The van der Waals surface area contributed by atoms with E-state index < -0.39 is 50.3 Å². The zero-order valence-electron chi connectivity index (χ0n) is 19.9. The lowest BCUT2D eigenvalue weighted by molar-refractivity contribution is -0.384. The third-order valence-corrected chi connectivity index (χ3v) is 6.45. The van der Waals surface area contributed by atoms with Crippen molar-refractivity contribution in [1.29, 1.82) is 0 Å². The number of carbonyl (C=O) groups is 2. The van der Waals surface area contributed by atoms with Crippen molar-refractivity contribution < 1.29 is 37.5 Å². The maximum absolute atomic E-state index is 13.3. The second-order valence-electron chi connectivity index (χ2n) is 8.75. The highest BCUT2D eigenvalue weighted by Gasteiger charge is 2.43. The first-order valence-electron chi connectivity index (χ1n) is 10.7. The number of nitro benzene ring substituents is 1. The predicted molar refractivity (Wildman–Crippen MR) is 127 cm³/mol. The second-order valence-corrected chi connectivity index (χ2v) is 10.5. The number of anilines is 1. The zero-order chi connectivity index (χ0) is 26.6. The maximum atomic E-state index is 13.3. The van der Waals surface area contributed by atoms with Crippen LogP contribution in [-0.2, 0) is 19.6 Å². The van der Waals surface area contributed by atoms with Gasteiger partial charge in [-0.25, -0.2) is 18.0 Å². The van der Waals surface area contributed by atoms with Gasteiger partial charge in [-0.1, -0.05) is 32.1 Å². The van der Waals surface area contributed by atoms with Gasteiger partial charge in [0.25, 0.3) is 10.0 Å². The van der Waals surface area contributed by atoms with E-state index in [1.54, 1.807) is 27.7 Å². The van der Waals surface area contributed by atoms with Gasteiger partial charge >= 0.3 is 17.7 Å². The van der Waals surface area contributed by atoms with Crippen molar-refractivity contribution in [1.82, 2.24) is 4.90 Å². The predicted octanol–water partition coefficient (Wildman–Crippen LogP) is 3.86. The van der Waals surface area contributed by atoms with Gasteiger partial charge in [0.2, 0.25) is 0 Å². The normalized spacial score (nSPS) is 18.3. The summed E-state index contributed by atoms with van der Waals surface area (Å²) in [4.78, 5) is 36.0. The molecule has 0 saturated heterocycles. The fourth-order valence-electron chi connectivity index (χ4n) is 3.50. The van der Waals surface area contributed by atoms with Crippen LogP contribution in [0.1, 0.15) is 40.5 Å². The van der Waals surface area contributed by atoms with Crippen LogP contribution in [0.2, 0.25) is 0 Å². The molecule has 1 amide bonds. The second kappa shape index (κ2) is 10.8. The number of nitrogens with one attached hydrogen (secondary N) is 1. The van der Waals surface area contributed by atoms with Crippen LogP contribution in [-0.4, -0.2) is 53.7 Å². The number of amides is 1. The summed E-state index contributed by atoms with van der Waals surface area (Å²) in [6.07, 6.45) is 1.30. The SMILES string of the molecule is C=CCOc1cccc(NS(=O)(=O)C2=CN(C(=O)OC(C)(C)C)C(C(=O)O)C(CC)C2)c1[N+](=O)[O-]. The van der Waals surface area contributed by atoms with Crippen LogP contribution in [0.25, 0.3) is 0 Å². The Hall–Kier alpha value is -3.61. The summed E-state index contributed by atoms with van der Waals surface area (Å²) < 4.78 is 39.3. The zero-order valence-corrected chi connectivity index (χ0v) is 20.7. The molecular weight excluding hydrogens is 482 g/mol. The number of carboxylic acids is 1. The summed E-state index contributed by atoms with van der Waals surface area (Å²) in [5, 5.41) is 21.4. The number of allylic oxidation sites excluding steroid dienone is 1. The van der Waals surface area contributed by atoms with Crippen LogP contribution in [0.15, 0.2) is 42.0 Å². The minimum absolute atomic E-state index is 0.0399. The maximum Gasteiger partial charge on any atom is 0.415 e. The Bertz CT molecular complexity index is 1140. The Balaban J connectivity index is 2.54. The fraction of sp³-hybridized carbons (Fsp3) is 0.455. The van der Waals surface area contributed by atoms with Gasteiger partial charge in [0.15, 0.2) is 5.75 Å². The molecular formula is C22H29N3O9S. The molecule has 0 bridgehead atoms. The summed E-state index contributed by atoms with van der Waals surface area (Å²) in [6, 6.07) is 2.54. The van der Waals surface area contributed by atoms with E-state index in [9.17, 15) is 33.2 Å². The van der Waals surface area contributed by atoms with Crippen LogP contribution in [0, 0.1) is 16.0 Å². The Morgan fingerprint density at radius 2 is 2.03 bits per heavy atom. The molecule has 2 N–H and O–H groups in total. The smallest absolute Gasteiger partial charge is 0.415 e. The fourth-order valence-corrected chi connectivity index (χ4v) is 4.77. The Labute approximate surface area is 203 Å². The third kappa shape index (κ3) is 6.72. The lowest BCUT2D eigenvalue weighted by atomic mass is 9.90. The van der Waals surface area contributed by atoms with Gasteiger partial charge in [-0.2, -0.15) is 0 Å². The summed E-state index contributed by atoms with van der Waals surface area (Å²) >= 11 is 0. The molecule has 0 fully saturated rings. The molecule has 12 nitrogen and oxygen atoms in total. The van der Waals surface area contributed by atoms with Crippen molar-refractivity contribution in [2.45, 2.75) is 52.2 Å². The molecule has 1 aromatic rings. The van der Waals surface area contributed by atoms with Crippen LogP contribution in [0.3, 0.4) is 0 Å². The van der Waals surface area contributed by atoms with E-state index in [1.807, 2.05) is 0 Å². The number of hydrogen-bond donors (Lipinski definition) is 2. The molecule has 0 radical (unpaired) electrons. The van der Waals surface area contributed by atoms with Crippen molar-refractivity contribution in [3.05, 3.63) is 52.1 Å². The van der Waals surface area contributed by atoms with Crippen molar-refractivity contribution in [2.24, 2.45) is 5.92 Å². The molecule has 1 heterocycles. The number of sulfonamides is 1. The van der Waals surface area contributed by atoms with E-state index in [2.05, 4.69) is 11.3 Å². The first-order chi connectivity index (χ1) is 16.2. The highest BCUT2D eigenvalue weighted by Crippen LogP contribution is 2.38. The summed E-state index contributed by atoms with van der Waals surface area (Å²) in [6.45, 7) is 9.87. The Morgan fingerprint density at radius 3 is 2.54 bits per heavy atom. The Morgan fingerprint density at radius 1 is 1.37 bits per heavy atom. The highest BCUT2D eigenvalue weighted by molar-refractivity contribution is 7.96. The van der Waals surface area contributed by atoms with E-state index in [1.165, 1.54) is 24.3 Å². The molecule has 2 unspecified atom stereocenters. The van der Waals surface area contributed by atoms with Gasteiger partial charge in [-0.05, 0) is 45.2 Å². The average Bonchev–Trinajstić information content (AvgIpc) is 2.74. The van der Waals surface area contributed by atoms with Gasteiger partial charge in [0.1, 0.15) is 23.9 Å². The van der Waals surface area contributed by atoms with Gasteiger partial charge in [-0.15, -0.1) is 0 Å². The minimum atomic E-state index is -4.44. The lowest BCUT2D eigenvalue weighted by Crippen LogP contribution is -2.51. The van der Waals surface area contributed by atoms with Gasteiger partial charge < -0.3 is 14.6 Å². The lowest BCUT2D eigenvalue weighted by Gasteiger charge is -2.37. The summed E-state index contributed by atoms with van der Waals surface area (Å²) in [5.74, 6) is -2.24. The van der Waals surface area contributed by atoms with Crippen LogP contribution in [0.4, 0.5) is 16.2 Å². The van der Waals surface area contributed by atoms with Crippen molar-refractivity contribution in [3.63, 3.8) is 0 Å². The number of hydrogen-bond acceptors (Lipinski definition) is 8. The molecule has 2 rings (SSSR count). The van der Waals surface area contributed by atoms with Crippen molar-refractivity contribution in [2.75, 3.05) is 11.3 Å². The topological polar surface area (TPSA) is 165 Å². The van der Waals surface area contributed by atoms with E-state index in [0.29, 0.717) is 0 Å². The number of benzene rings is 1. The van der Waals surface area contributed by atoms with E-state index in [-0.39, 0.29) is 35.8 Å². The number of nitro groups is 1. The van der Waals surface area contributed by atoms with Crippen LogP contribution in [0.5, 0.6) is 5.75 Å². The summed E-state index contributed by atoms with van der Waals surface area (Å²) in [7, 11) is -4.44. The molecule has 35 heavy (non-hydrogen) atoms. The molecule has 1 aromatic carbocycles. The monoisotopic (exact) mass is 511 g/mol. The number of nitrogens with zero attached hydrogens (tertiary/aromatic N) is 2. The molecule has 1 aliphatic heterocycles. The third-order valence-electron chi connectivity index (χ3n) is 5.00. The first kappa shape index (κ1) is 27.6. The number of ether oxygens (including phenoxy) is 2. The number of rotatable bonds is 9. The number of carboxylic acid groups (broad SMARTS) is 1. The van der Waals surface area contributed by atoms with E-state index in [0.717, 1.165) is 11.1 Å².